The predicted molar refractivity (Wildman–Crippen MR) is 111 cm³/mol. The third kappa shape index (κ3) is 5.49. The van der Waals surface area contributed by atoms with Gasteiger partial charge in [-0.3, -0.25) is 0 Å². The lowest BCUT2D eigenvalue weighted by molar-refractivity contribution is -0.137. The molecule has 0 aliphatic carbocycles. The predicted octanol–water partition coefficient (Wildman–Crippen LogP) is 6.68. The summed E-state index contributed by atoms with van der Waals surface area (Å²) in [4.78, 5) is 0. The Morgan fingerprint density at radius 1 is 1.21 bits per heavy atom. The van der Waals surface area contributed by atoms with Gasteiger partial charge < -0.3 is 9.30 Å². The maximum absolute atomic E-state index is 13.3. The normalized spacial score (nSPS) is 12.2. The number of aromatic nitrogens is 1. The van der Waals surface area contributed by atoms with Gasteiger partial charge in [-0.1, -0.05) is 32.6 Å². The van der Waals surface area contributed by atoms with Crippen LogP contribution >= 0.6 is 15.9 Å². The molecule has 28 heavy (non-hydrogen) atoms. The maximum Gasteiger partial charge on any atom is 0.416 e. The van der Waals surface area contributed by atoms with Gasteiger partial charge in [0.25, 0.3) is 0 Å². The van der Waals surface area contributed by atoms with Gasteiger partial charge in [0, 0.05) is 20.2 Å². The number of rotatable bonds is 7. The number of nitriles is 1. The van der Waals surface area contributed by atoms with Gasteiger partial charge in [0.1, 0.15) is 12.8 Å². The quantitative estimate of drug-likeness (QED) is 0.332. The van der Waals surface area contributed by atoms with Crippen molar-refractivity contribution in [2.75, 3.05) is 6.61 Å². The van der Waals surface area contributed by atoms with E-state index >= 15 is 0 Å². The van der Waals surface area contributed by atoms with Gasteiger partial charge in [-0.25, -0.2) is 0 Å². The average Bonchev–Trinajstić information content (AvgIpc) is 2.92. The summed E-state index contributed by atoms with van der Waals surface area (Å²) in [5.41, 5.74) is 1.19. The molecule has 0 fully saturated rings. The van der Waals surface area contributed by atoms with Crippen LogP contribution in [0.15, 0.2) is 28.9 Å². The van der Waals surface area contributed by atoms with E-state index in [1.807, 2.05) is 6.92 Å². The summed E-state index contributed by atoms with van der Waals surface area (Å²) in [5.74, 6) is 0. The number of hydrogen-bond donors (Lipinski definition) is 0. The molecule has 0 bridgehead atoms. The molecule has 1 aromatic heterocycles. The van der Waals surface area contributed by atoms with Crippen molar-refractivity contribution in [3.05, 3.63) is 45.6 Å². The van der Waals surface area contributed by atoms with Crippen LogP contribution in [-0.4, -0.2) is 19.2 Å². The number of alkyl halides is 3. The molecule has 2 aromatic rings. The molecule has 1 heterocycles. The van der Waals surface area contributed by atoms with E-state index in [0.717, 1.165) is 23.7 Å². The Balaban J connectivity index is 2.49. The zero-order valence-electron chi connectivity index (χ0n) is 16.5. The molecule has 0 radical (unpaired) electrons. The summed E-state index contributed by atoms with van der Waals surface area (Å²) in [5, 5.41) is 9.55. The first-order valence-electron chi connectivity index (χ1n) is 9.05. The number of aryl methyl sites for hydroxylation is 1. The summed E-state index contributed by atoms with van der Waals surface area (Å²) >= 11 is 3.42. The molecule has 0 spiro atoms. The fourth-order valence-corrected chi connectivity index (χ4v) is 4.10. The number of benzene rings is 1. The van der Waals surface area contributed by atoms with E-state index in [1.54, 1.807) is 10.6 Å². The highest BCUT2D eigenvalue weighted by atomic mass is 79.9. The van der Waals surface area contributed by atoms with Gasteiger partial charge in [-0.05, 0) is 52.2 Å². The van der Waals surface area contributed by atoms with Crippen molar-refractivity contribution in [2.24, 2.45) is 0 Å². The van der Waals surface area contributed by atoms with Gasteiger partial charge in [0.2, 0.25) is 0 Å². The summed E-state index contributed by atoms with van der Waals surface area (Å²) in [6.07, 6.45) is -3.89. The fourth-order valence-electron chi connectivity index (χ4n) is 2.84. The lowest BCUT2D eigenvalue weighted by Gasteiger charge is -2.18. The highest BCUT2D eigenvalue weighted by Gasteiger charge is 2.32. The molecule has 8 heteroatoms. The van der Waals surface area contributed by atoms with E-state index < -0.39 is 19.8 Å². The first-order chi connectivity index (χ1) is 13.0. The standard InChI is InChI=1S/C20H24BrF3N2OSi/c1-5-14-6-7-16(20(22,23)24)11-17(14)19-15(12-25)10-18(21)26(19)13-27-8-9-28(2,3)4/h6-7,10-11H,5,8-9,13H2,1-4H3. The fraction of sp³-hybridized carbons (Fsp3) is 0.450. The molecule has 0 saturated heterocycles. The molecule has 3 nitrogen and oxygen atoms in total. The number of halogens is 4. The van der Waals surface area contributed by atoms with Crippen LogP contribution in [0.2, 0.25) is 25.7 Å². The van der Waals surface area contributed by atoms with Crippen LogP contribution in [0.1, 0.15) is 23.6 Å². The lowest BCUT2D eigenvalue weighted by atomic mass is 9.97. The Labute approximate surface area is 173 Å². The SMILES string of the molecule is CCc1ccc(C(F)(F)F)cc1-c1c(C#N)cc(Br)n1COCC[Si](C)(C)C. The Bertz CT molecular complexity index is 879. The van der Waals surface area contributed by atoms with Crippen molar-refractivity contribution in [1.82, 2.24) is 4.57 Å². The van der Waals surface area contributed by atoms with Crippen molar-refractivity contribution in [1.29, 1.82) is 5.26 Å². The van der Waals surface area contributed by atoms with E-state index in [1.165, 1.54) is 6.07 Å². The minimum atomic E-state index is -4.45. The number of ether oxygens (including phenoxy) is 1. The zero-order chi connectivity index (χ0) is 21.1. The Kier molecular flexibility index (Phi) is 7.18. The van der Waals surface area contributed by atoms with Gasteiger partial charge in [0.05, 0.1) is 21.4 Å². The Morgan fingerprint density at radius 3 is 2.43 bits per heavy atom. The van der Waals surface area contributed by atoms with Crippen LogP contribution in [0, 0.1) is 11.3 Å². The molecular weight excluding hydrogens is 449 g/mol. The van der Waals surface area contributed by atoms with Crippen molar-refractivity contribution < 1.29 is 17.9 Å². The van der Waals surface area contributed by atoms with E-state index in [9.17, 15) is 18.4 Å². The third-order valence-corrected chi connectivity index (χ3v) is 6.82. The summed E-state index contributed by atoms with van der Waals surface area (Å²) in [6, 6.07) is 8.40. The highest BCUT2D eigenvalue weighted by Crippen LogP contribution is 2.37. The molecule has 0 amide bonds. The molecule has 1 aromatic carbocycles. The molecule has 0 aliphatic heterocycles. The van der Waals surface area contributed by atoms with Crippen LogP contribution in [0.3, 0.4) is 0 Å². The van der Waals surface area contributed by atoms with Crippen LogP contribution in [-0.2, 0) is 24.1 Å². The molecule has 152 valence electrons. The van der Waals surface area contributed by atoms with Crippen LogP contribution in [0.25, 0.3) is 11.3 Å². The molecule has 0 atom stereocenters. The third-order valence-electron chi connectivity index (χ3n) is 4.46. The van der Waals surface area contributed by atoms with Gasteiger partial charge in [-0.15, -0.1) is 0 Å². The lowest BCUT2D eigenvalue weighted by Crippen LogP contribution is -2.22. The van der Waals surface area contributed by atoms with E-state index in [0.29, 0.717) is 34.5 Å². The second kappa shape index (κ2) is 8.85. The minimum absolute atomic E-state index is 0.168. The average molecular weight is 473 g/mol. The monoisotopic (exact) mass is 472 g/mol. The summed E-state index contributed by atoms with van der Waals surface area (Å²) in [6.45, 7) is 9.36. The van der Waals surface area contributed by atoms with E-state index in [4.69, 9.17) is 4.74 Å². The summed E-state index contributed by atoms with van der Waals surface area (Å²) < 4.78 is 47.9. The molecule has 2 rings (SSSR count). The number of nitrogens with zero attached hydrogens (tertiary/aromatic N) is 2. The first kappa shape index (κ1) is 22.7. The second-order valence-electron chi connectivity index (χ2n) is 7.84. The van der Waals surface area contributed by atoms with E-state index in [2.05, 4.69) is 41.6 Å². The highest BCUT2D eigenvalue weighted by molar-refractivity contribution is 9.10. The Morgan fingerprint density at radius 2 is 1.89 bits per heavy atom. The topological polar surface area (TPSA) is 38.0 Å². The van der Waals surface area contributed by atoms with Crippen molar-refractivity contribution in [2.45, 2.75) is 51.9 Å². The van der Waals surface area contributed by atoms with Gasteiger partial charge >= 0.3 is 6.18 Å². The van der Waals surface area contributed by atoms with Crippen molar-refractivity contribution in [3.8, 4) is 17.3 Å². The molecule has 0 unspecified atom stereocenters. The van der Waals surface area contributed by atoms with Gasteiger partial charge in [0.15, 0.2) is 0 Å². The zero-order valence-corrected chi connectivity index (χ0v) is 19.0. The van der Waals surface area contributed by atoms with E-state index in [-0.39, 0.29) is 6.73 Å². The first-order valence-corrected chi connectivity index (χ1v) is 13.6. The molecule has 0 saturated carbocycles. The van der Waals surface area contributed by atoms with Crippen LogP contribution < -0.4 is 0 Å². The van der Waals surface area contributed by atoms with Crippen molar-refractivity contribution in [3.63, 3.8) is 0 Å². The maximum atomic E-state index is 13.3. The molecular formula is C20H24BrF3N2OSi. The molecule has 0 N–H and O–H groups in total. The Hall–Kier alpha value is -1.56. The van der Waals surface area contributed by atoms with Crippen LogP contribution in [0.5, 0.6) is 0 Å². The smallest absolute Gasteiger partial charge is 0.361 e. The van der Waals surface area contributed by atoms with Gasteiger partial charge in [-0.2, -0.15) is 18.4 Å². The summed E-state index contributed by atoms with van der Waals surface area (Å²) in [7, 11) is -1.25. The van der Waals surface area contributed by atoms with Crippen LogP contribution in [0.4, 0.5) is 13.2 Å². The molecule has 0 aliphatic rings. The van der Waals surface area contributed by atoms with Crippen molar-refractivity contribution >= 4 is 24.0 Å². The minimum Gasteiger partial charge on any atom is -0.361 e. The second-order valence-corrected chi connectivity index (χ2v) is 14.3. The largest absolute Gasteiger partial charge is 0.416 e. The number of hydrogen-bond acceptors (Lipinski definition) is 2.